The number of hydrogen-bond donors (Lipinski definition) is 4. The number of aromatic hydroxyl groups is 4. The second kappa shape index (κ2) is 45.3. The maximum atomic E-state index is 10.9. The molecule has 12 aromatic carbocycles. The predicted molar refractivity (Wildman–Crippen MR) is 618 cm³/mol. The molecule has 0 aliphatic carbocycles. The number of rotatable bonds is 18. The van der Waals surface area contributed by atoms with Crippen LogP contribution in [-0.2, 0) is 112 Å². The maximum absolute atomic E-state index is 10.9. The Balaban J connectivity index is 0.000000163. The Morgan fingerprint density at radius 2 is 0.453 bits per heavy atom. The topological polar surface area (TPSA) is 204 Å². The summed E-state index contributed by atoms with van der Waals surface area (Å²) in [6.45, 7) is 50.0. The van der Waals surface area contributed by atoms with E-state index in [1.807, 2.05) is 187 Å². The third kappa shape index (κ3) is 23.9. The van der Waals surface area contributed by atoms with Crippen LogP contribution < -0.4 is 31.1 Å². The molecule has 0 spiro atoms. The molecule has 0 aliphatic rings. The van der Waals surface area contributed by atoms with E-state index >= 15 is 0 Å². The molecule has 0 saturated carbocycles. The van der Waals surface area contributed by atoms with Crippen molar-refractivity contribution in [1.82, 2.24) is 58.1 Å². The summed E-state index contributed by atoms with van der Waals surface area (Å²) in [5.74, 6) is 4.09. The Hall–Kier alpha value is -11.6. The Morgan fingerprint density at radius 3 is 0.723 bits per heavy atom. The van der Waals surface area contributed by atoms with Crippen molar-refractivity contribution < 1.29 is 105 Å². The number of aryl methyl sites for hydroxylation is 8. The number of phenols is 4. The number of para-hydroxylation sites is 6. The van der Waals surface area contributed by atoms with Gasteiger partial charge in [-0.25, -0.2) is 19.9 Å². The first kappa shape index (κ1) is 114. The van der Waals surface area contributed by atoms with E-state index in [1.54, 1.807) is 0 Å². The van der Waals surface area contributed by atoms with Gasteiger partial charge in [0.2, 0.25) is 0 Å². The summed E-state index contributed by atoms with van der Waals surface area (Å²) in [6, 6.07) is 102. The fourth-order valence-electron chi connectivity index (χ4n) is 18.2. The van der Waals surface area contributed by atoms with E-state index in [1.165, 1.54) is 31.1 Å². The number of pyridine rings is 4. The molecule has 0 saturated heterocycles. The zero-order chi connectivity index (χ0) is 103. The van der Waals surface area contributed by atoms with Crippen LogP contribution in [0.25, 0.3) is 179 Å². The fourth-order valence-corrected chi connectivity index (χ4v) is 24.9. The SMILES string of the molecule is Cc1cccc(-c2nc3c(-c4[c-]c(-c5cc([Si](C)(C)C)ccn5)ccc4)cc([Si](C)(C)C)cc3n2C)c1O.Cc1cccc(-c2nc3c(-c4[c-]c(-c5cc([Si](C)(C)C)ccn5)ccc4)cc([Si](C)(C)C)cc3n2C)c1O.Cc1cccc(-c2nc3c(-c4[c-]c(-c5ccc([Si](C)(C)C)cn5)ccc4)cccc3n2C)c1O.Cc1cccc(-c2nc3c(-c4[c-]c(-c5ccc([Si](C)(C)C)cn5)ccc4)cccc3n2C)c1O.[Pt].[Pt].[Pt].[Pt]. The average molecular weight is 2780 g/mol. The first-order valence-electron chi connectivity index (χ1n) is 49.2. The van der Waals surface area contributed by atoms with E-state index in [4.69, 9.17) is 39.9 Å². The van der Waals surface area contributed by atoms with Crippen molar-refractivity contribution in [3.8, 4) is 158 Å². The first-order chi connectivity index (χ1) is 68.2. The Labute approximate surface area is 935 Å². The van der Waals surface area contributed by atoms with E-state index in [-0.39, 0.29) is 107 Å². The van der Waals surface area contributed by atoms with Gasteiger partial charge >= 0.3 is 0 Å². The molecule has 16 nitrogen and oxygen atoms in total. The Kier molecular flexibility index (Phi) is 34.7. The largest absolute Gasteiger partial charge is 0.507 e. The number of imidazole rings is 4. The molecular formula is C122H128N12O4Pt4Si6-4. The number of phenolic OH excluding ortho intramolecular Hbond substituents is 4. The van der Waals surface area contributed by atoms with Gasteiger partial charge in [-0.15, -0.1) is 119 Å². The van der Waals surface area contributed by atoms with Crippen LogP contribution in [0.4, 0.5) is 0 Å². The summed E-state index contributed by atoms with van der Waals surface area (Å²) in [4.78, 5) is 39.1. The van der Waals surface area contributed by atoms with Crippen molar-refractivity contribution in [2.75, 3.05) is 0 Å². The van der Waals surface area contributed by atoms with Gasteiger partial charge in [0.25, 0.3) is 0 Å². The van der Waals surface area contributed by atoms with E-state index in [2.05, 4.69) is 309 Å². The smallest absolute Gasteiger partial charge is 0.143 e. The van der Waals surface area contributed by atoms with Crippen LogP contribution >= 0.6 is 0 Å². The van der Waals surface area contributed by atoms with E-state index in [9.17, 15) is 20.4 Å². The molecule has 768 valence electrons. The summed E-state index contributed by atoms with van der Waals surface area (Å²) in [6.07, 6.45) is 7.88. The summed E-state index contributed by atoms with van der Waals surface area (Å²) in [7, 11) is -0.959. The molecule has 0 atom stereocenters. The van der Waals surface area contributed by atoms with Crippen LogP contribution in [0.3, 0.4) is 0 Å². The van der Waals surface area contributed by atoms with E-state index in [0.717, 1.165) is 201 Å². The van der Waals surface area contributed by atoms with Gasteiger partial charge in [-0.05, 0) is 121 Å². The second-order valence-electron chi connectivity index (χ2n) is 44.1. The maximum Gasteiger partial charge on any atom is 0.143 e. The summed E-state index contributed by atoms with van der Waals surface area (Å²) < 4.78 is 8.29. The van der Waals surface area contributed by atoms with Crippen molar-refractivity contribution in [2.45, 2.75) is 146 Å². The minimum absolute atomic E-state index is 0. The quantitative estimate of drug-likeness (QED) is 0.0468. The molecule has 0 aliphatic heterocycles. The van der Waals surface area contributed by atoms with Crippen LogP contribution in [0, 0.1) is 52.0 Å². The van der Waals surface area contributed by atoms with Crippen molar-refractivity contribution in [3.63, 3.8) is 0 Å². The molecule has 0 amide bonds. The van der Waals surface area contributed by atoms with Gasteiger partial charge in [0, 0.05) is 160 Å². The monoisotopic (exact) mass is 2770 g/mol. The Bertz CT molecular complexity index is 7840. The molecule has 8 aromatic heterocycles. The third-order valence-electron chi connectivity index (χ3n) is 27.4. The standard InChI is InChI=1S/2C32H36N3OSi2.2C29H28N3OSi.4Pt/c2*1-21-11-9-14-26(31(21)36)32-34-30-27(18-25(38(6,7)8)20-29(30)35(32)2)22-12-10-13-23(17-22)28-19-24(15-16-33-28)37(3,4)5;2*1-19-9-6-13-24(28(19)33)29-31-27-23(12-8-14-26(27)32(29)2)20-10-7-11-21(17-20)25-16-15-22(18-30-25)34(3,4)5;;;;/h2*9-16,18-20,36H,1-8H3;2*6-16,18,33H,1-5H3;;;;/q4*-1;;;;. The van der Waals surface area contributed by atoms with Gasteiger partial charge in [-0.2, -0.15) is 0 Å². The van der Waals surface area contributed by atoms with Crippen molar-refractivity contribution in [3.05, 3.63) is 326 Å². The summed E-state index contributed by atoms with van der Waals surface area (Å²) in [5, 5.41) is 51.2. The number of hydrogen-bond acceptors (Lipinski definition) is 12. The van der Waals surface area contributed by atoms with Crippen LogP contribution in [0.1, 0.15) is 22.3 Å². The fraction of sp³-hybridized carbons (Fsp3) is 0.213. The second-order valence-corrected chi connectivity index (χ2v) is 74.6. The van der Waals surface area contributed by atoms with E-state index < -0.39 is 48.4 Å². The first-order valence-corrected chi connectivity index (χ1v) is 70.2. The van der Waals surface area contributed by atoms with Crippen molar-refractivity contribution in [1.29, 1.82) is 0 Å². The molecular weight excluding hydrogens is 2650 g/mol. The summed E-state index contributed by atoms with van der Waals surface area (Å²) >= 11 is 0. The molecule has 20 rings (SSSR count). The van der Waals surface area contributed by atoms with Crippen molar-refractivity contribution >= 4 is 124 Å². The number of aromatic nitrogens is 12. The van der Waals surface area contributed by atoms with Gasteiger partial charge in [0.05, 0.1) is 115 Å². The molecule has 0 bridgehead atoms. The average Bonchev–Trinajstić information content (AvgIpc) is 1.57. The van der Waals surface area contributed by atoms with E-state index in [0.29, 0.717) is 0 Å². The van der Waals surface area contributed by atoms with Gasteiger partial charge < -0.3 is 38.7 Å². The summed E-state index contributed by atoms with van der Waals surface area (Å²) in [5.41, 5.74) is 29.8. The molecule has 20 aromatic rings. The zero-order valence-electron chi connectivity index (χ0n) is 89.0. The van der Waals surface area contributed by atoms with Crippen LogP contribution in [-0.4, -0.2) is 127 Å². The van der Waals surface area contributed by atoms with Crippen LogP contribution in [0.15, 0.2) is 280 Å². The molecule has 0 unspecified atom stereocenters. The molecule has 148 heavy (non-hydrogen) atoms. The van der Waals surface area contributed by atoms with Gasteiger partial charge in [-0.1, -0.05) is 304 Å². The molecule has 8 heterocycles. The molecule has 0 fully saturated rings. The molecule has 26 heteroatoms. The predicted octanol–water partition coefficient (Wildman–Crippen LogP) is 26.4. The number of fused-ring (bicyclic) bond motifs is 4. The van der Waals surface area contributed by atoms with Crippen LogP contribution in [0.2, 0.25) is 118 Å². The molecule has 0 radical (unpaired) electrons. The Morgan fingerprint density at radius 1 is 0.216 bits per heavy atom. The van der Waals surface area contributed by atoms with Gasteiger partial charge in [0.15, 0.2) is 0 Å². The minimum atomic E-state index is -1.65. The van der Waals surface area contributed by atoms with Crippen molar-refractivity contribution in [2.24, 2.45) is 28.2 Å². The minimum Gasteiger partial charge on any atom is -0.507 e. The molecule has 4 N–H and O–H groups in total. The van der Waals surface area contributed by atoms with Crippen LogP contribution in [0.5, 0.6) is 23.0 Å². The van der Waals surface area contributed by atoms with Gasteiger partial charge in [0.1, 0.15) is 46.3 Å². The number of nitrogens with zero attached hydrogens (tertiary/aromatic N) is 12. The number of benzene rings is 12. The normalized spacial score (nSPS) is 11.7. The third-order valence-corrected chi connectivity index (χ3v) is 39.6. The zero-order valence-corrected chi connectivity index (χ0v) is 104. The van der Waals surface area contributed by atoms with Gasteiger partial charge in [-0.3, -0.25) is 19.9 Å².